The standard InChI is InChI=1S/C18H23N3O3S/c1-2-12-20-18(22)15-8-10-17(11-9-15)25(23,24)21-14-5-7-16-6-3-4-13-19-16/h3-4,6,8-11,13,21H,2,5,7,12,14H2,1H3,(H,20,22). The minimum absolute atomic E-state index is 0.150. The third-order valence-corrected chi connectivity index (χ3v) is 5.07. The third-order valence-electron chi connectivity index (χ3n) is 3.59. The summed E-state index contributed by atoms with van der Waals surface area (Å²) >= 11 is 0. The normalized spacial score (nSPS) is 11.2. The predicted molar refractivity (Wildman–Crippen MR) is 96.8 cm³/mol. The van der Waals surface area contributed by atoms with Crippen molar-refractivity contribution < 1.29 is 13.2 Å². The van der Waals surface area contributed by atoms with E-state index in [4.69, 9.17) is 0 Å². The largest absolute Gasteiger partial charge is 0.352 e. The van der Waals surface area contributed by atoms with Crippen LogP contribution in [-0.4, -0.2) is 32.4 Å². The quantitative estimate of drug-likeness (QED) is 0.670. The van der Waals surface area contributed by atoms with Crippen molar-refractivity contribution in [2.75, 3.05) is 13.1 Å². The fourth-order valence-corrected chi connectivity index (χ4v) is 3.31. The van der Waals surface area contributed by atoms with E-state index in [1.165, 1.54) is 24.3 Å². The first kappa shape index (κ1) is 19.1. The molecule has 1 aromatic carbocycles. The lowest BCUT2D eigenvalue weighted by atomic mass is 10.2. The highest BCUT2D eigenvalue weighted by Crippen LogP contribution is 2.11. The van der Waals surface area contributed by atoms with Crippen molar-refractivity contribution in [3.05, 3.63) is 59.9 Å². The molecular weight excluding hydrogens is 338 g/mol. The maximum absolute atomic E-state index is 12.3. The van der Waals surface area contributed by atoms with Gasteiger partial charge in [-0.2, -0.15) is 0 Å². The summed E-state index contributed by atoms with van der Waals surface area (Å²) in [6.07, 6.45) is 3.94. The van der Waals surface area contributed by atoms with Crippen LogP contribution in [0.25, 0.3) is 0 Å². The SMILES string of the molecule is CCCNC(=O)c1ccc(S(=O)(=O)NCCCc2ccccn2)cc1. The molecule has 0 radical (unpaired) electrons. The van der Waals surface area contributed by atoms with Gasteiger partial charge < -0.3 is 5.32 Å². The molecule has 7 heteroatoms. The number of hydrogen-bond acceptors (Lipinski definition) is 4. The lowest BCUT2D eigenvalue weighted by Gasteiger charge is -2.08. The van der Waals surface area contributed by atoms with Gasteiger partial charge in [-0.3, -0.25) is 9.78 Å². The minimum atomic E-state index is -3.58. The number of amides is 1. The second-order valence-corrected chi connectivity index (χ2v) is 7.37. The van der Waals surface area contributed by atoms with Crippen molar-refractivity contribution >= 4 is 15.9 Å². The lowest BCUT2D eigenvalue weighted by molar-refractivity contribution is 0.0953. The van der Waals surface area contributed by atoms with E-state index in [1.54, 1.807) is 6.20 Å². The molecule has 2 rings (SSSR count). The van der Waals surface area contributed by atoms with Gasteiger partial charge in [0.05, 0.1) is 4.90 Å². The van der Waals surface area contributed by atoms with Gasteiger partial charge in [0.25, 0.3) is 5.91 Å². The topological polar surface area (TPSA) is 88.2 Å². The molecular formula is C18H23N3O3S. The van der Waals surface area contributed by atoms with Crippen molar-refractivity contribution in [1.29, 1.82) is 0 Å². The second-order valence-electron chi connectivity index (χ2n) is 5.60. The number of aryl methyl sites for hydroxylation is 1. The first-order valence-corrected chi connectivity index (χ1v) is 9.79. The highest BCUT2D eigenvalue weighted by molar-refractivity contribution is 7.89. The molecule has 0 saturated heterocycles. The summed E-state index contributed by atoms with van der Waals surface area (Å²) in [5.74, 6) is -0.200. The van der Waals surface area contributed by atoms with Crippen molar-refractivity contribution in [2.24, 2.45) is 0 Å². The van der Waals surface area contributed by atoms with E-state index in [2.05, 4.69) is 15.0 Å². The smallest absolute Gasteiger partial charge is 0.251 e. The molecule has 0 saturated carbocycles. The molecule has 134 valence electrons. The summed E-state index contributed by atoms with van der Waals surface area (Å²) in [6, 6.07) is 11.6. The molecule has 0 aliphatic heterocycles. The summed E-state index contributed by atoms with van der Waals surface area (Å²) in [5, 5.41) is 2.75. The van der Waals surface area contributed by atoms with Crippen LogP contribution in [0, 0.1) is 0 Å². The Labute approximate surface area is 148 Å². The van der Waals surface area contributed by atoms with Crippen LogP contribution in [-0.2, 0) is 16.4 Å². The van der Waals surface area contributed by atoms with Gasteiger partial charge >= 0.3 is 0 Å². The first-order chi connectivity index (χ1) is 12.0. The minimum Gasteiger partial charge on any atom is -0.352 e. The van der Waals surface area contributed by atoms with E-state index in [9.17, 15) is 13.2 Å². The van der Waals surface area contributed by atoms with Crippen molar-refractivity contribution in [2.45, 2.75) is 31.1 Å². The molecule has 2 aromatic rings. The first-order valence-electron chi connectivity index (χ1n) is 8.31. The Morgan fingerprint density at radius 3 is 2.48 bits per heavy atom. The summed E-state index contributed by atoms with van der Waals surface area (Å²) in [5.41, 5.74) is 1.38. The fourth-order valence-electron chi connectivity index (χ4n) is 2.23. The number of aromatic nitrogens is 1. The van der Waals surface area contributed by atoms with Crippen LogP contribution in [0.3, 0.4) is 0 Å². The number of sulfonamides is 1. The molecule has 2 N–H and O–H groups in total. The van der Waals surface area contributed by atoms with Gasteiger partial charge in [-0.25, -0.2) is 13.1 Å². The van der Waals surface area contributed by atoms with E-state index < -0.39 is 10.0 Å². The van der Waals surface area contributed by atoms with Gasteiger partial charge in [0.2, 0.25) is 10.0 Å². The molecule has 1 aromatic heterocycles. The second kappa shape index (κ2) is 9.29. The van der Waals surface area contributed by atoms with Crippen LogP contribution in [0.5, 0.6) is 0 Å². The molecule has 0 fully saturated rings. The van der Waals surface area contributed by atoms with E-state index in [0.29, 0.717) is 31.5 Å². The van der Waals surface area contributed by atoms with E-state index in [-0.39, 0.29) is 10.8 Å². The highest BCUT2D eigenvalue weighted by Gasteiger charge is 2.14. The average Bonchev–Trinajstić information content (AvgIpc) is 2.64. The summed E-state index contributed by atoms with van der Waals surface area (Å²) < 4.78 is 27.1. The van der Waals surface area contributed by atoms with Crippen LogP contribution in [0.2, 0.25) is 0 Å². The number of carbonyl (C=O) groups excluding carboxylic acids is 1. The molecule has 0 atom stereocenters. The Hall–Kier alpha value is -2.25. The zero-order chi connectivity index (χ0) is 18.1. The van der Waals surface area contributed by atoms with Crippen LogP contribution in [0.15, 0.2) is 53.6 Å². The molecule has 25 heavy (non-hydrogen) atoms. The molecule has 0 spiro atoms. The molecule has 1 amide bonds. The zero-order valence-corrected chi connectivity index (χ0v) is 15.1. The Morgan fingerprint density at radius 2 is 1.84 bits per heavy atom. The predicted octanol–water partition coefficient (Wildman–Crippen LogP) is 2.13. The summed E-state index contributed by atoms with van der Waals surface area (Å²) in [7, 11) is -3.58. The van der Waals surface area contributed by atoms with Crippen LogP contribution in [0.1, 0.15) is 35.8 Å². The van der Waals surface area contributed by atoms with Crippen LogP contribution >= 0.6 is 0 Å². The third kappa shape index (κ3) is 5.95. The average molecular weight is 361 g/mol. The number of rotatable bonds is 9. The van der Waals surface area contributed by atoms with Crippen molar-refractivity contribution in [3.63, 3.8) is 0 Å². The molecule has 0 aliphatic carbocycles. The lowest BCUT2D eigenvalue weighted by Crippen LogP contribution is -2.26. The maximum Gasteiger partial charge on any atom is 0.251 e. The van der Waals surface area contributed by atoms with E-state index in [1.807, 2.05) is 25.1 Å². The van der Waals surface area contributed by atoms with E-state index >= 15 is 0 Å². The fraction of sp³-hybridized carbons (Fsp3) is 0.333. The van der Waals surface area contributed by atoms with Crippen LogP contribution < -0.4 is 10.0 Å². The van der Waals surface area contributed by atoms with Gasteiger partial charge in [-0.05, 0) is 55.7 Å². The molecule has 0 unspecified atom stereocenters. The molecule has 6 nitrogen and oxygen atoms in total. The van der Waals surface area contributed by atoms with Crippen molar-refractivity contribution in [1.82, 2.24) is 15.0 Å². The molecule has 0 aliphatic rings. The number of nitrogens with zero attached hydrogens (tertiary/aromatic N) is 1. The van der Waals surface area contributed by atoms with Gasteiger partial charge in [0.1, 0.15) is 0 Å². The Kier molecular flexibility index (Phi) is 7.09. The van der Waals surface area contributed by atoms with Crippen molar-refractivity contribution in [3.8, 4) is 0 Å². The molecule has 1 heterocycles. The van der Waals surface area contributed by atoms with Gasteiger partial charge in [-0.15, -0.1) is 0 Å². The Bertz CT molecular complexity index is 775. The van der Waals surface area contributed by atoms with Crippen LogP contribution in [0.4, 0.5) is 0 Å². The van der Waals surface area contributed by atoms with Gasteiger partial charge in [0, 0.05) is 30.5 Å². The zero-order valence-electron chi connectivity index (χ0n) is 14.2. The Balaban J connectivity index is 1.87. The number of benzene rings is 1. The number of hydrogen-bond donors (Lipinski definition) is 2. The Morgan fingerprint density at radius 1 is 1.08 bits per heavy atom. The summed E-state index contributed by atoms with van der Waals surface area (Å²) in [4.78, 5) is 16.2. The maximum atomic E-state index is 12.3. The van der Waals surface area contributed by atoms with Gasteiger partial charge in [0.15, 0.2) is 0 Å². The van der Waals surface area contributed by atoms with Gasteiger partial charge in [-0.1, -0.05) is 13.0 Å². The number of nitrogens with one attached hydrogen (secondary N) is 2. The monoisotopic (exact) mass is 361 g/mol. The number of carbonyl (C=O) groups is 1. The molecule has 0 bridgehead atoms. The highest BCUT2D eigenvalue weighted by atomic mass is 32.2. The summed E-state index contributed by atoms with van der Waals surface area (Å²) in [6.45, 7) is 2.89. The van der Waals surface area contributed by atoms with E-state index in [0.717, 1.165) is 12.1 Å². The number of pyridine rings is 1.